The number of likely N-dealkylation sites (tertiary alicyclic amines) is 1. The number of nitrogens with zero attached hydrogens (tertiary/aromatic N) is 3. The molecule has 0 radical (unpaired) electrons. The van der Waals surface area contributed by atoms with E-state index in [1.54, 1.807) is 0 Å². The Morgan fingerprint density at radius 1 is 1.20 bits per heavy atom. The van der Waals surface area contributed by atoms with Crippen LogP contribution in [0, 0.1) is 11.6 Å². The number of aryl methyl sites for hydroxylation is 1. The molecule has 25 heavy (non-hydrogen) atoms. The molecule has 2 heterocycles. The first-order valence-electron chi connectivity index (χ1n) is 8.30. The maximum atomic E-state index is 14.2. The number of para-hydroxylation sites is 2. The molecule has 3 aromatic rings. The van der Waals surface area contributed by atoms with E-state index in [1.165, 1.54) is 6.07 Å². The highest BCUT2D eigenvalue weighted by molar-refractivity contribution is 5.75. The number of rotatable bonds is 3. The second kappa shape index (κ2) is 6.20. The summed E-state index contributed by atoms with van der Waals surface area (Å²) in [6, 6.07) is 10.9. The van der Waals surface area contributed by atoms with Crippen LogP contribution in [0.4, 0.5) is 8.78 Å². The third-order valence-electron chi connectivity index (χ3n) is 4.92. The Kier molecular flexibility index (Phi) is 4.01. The summed E-state index contributed by atoms with van der Waals surface area (Å²) in [5, 5.41) is 10.1. The standard InChI is InChI=1S/C19H19F2N3O/c1-23-17-5-3-2-4-16(17)22-19(23)11-24-10-13(25)9-18(24)14-8-12(20)6-7-15(14)21/h2-8,13,18,25H,9-11H2,1H3. The van der Waals surface area contributed by atoms with Crippen LogP contribution >= 0.6 is 0 Å². The lowest BCUT2D eigenvalue weighted by atomic mass is 10.0. The molecule has 0 saturated carbocycles. The van der Waals surface area contributed by atoms with Gasteiger partial charge in [-0.1, -0.05) is 12.1 Å². The molecule has 130 valence electrons. The van der Waals surface area contributed by atoms with Crippen LogP contribution in [0.25, 0.3) is 11.0 Å². The van der Waals surface area contributed by atoms with Crippen LogP contribution in [0.5, 0.6) is 0 Å². The summed E-state index contributed by atoms with van der Waals surface area (Å²) in [5.74, 6) is -0.0897. The minimum atomic E-state index is -0.567. The molecule has 1 N–H and O–H groups in total. The Morgan fingerprint density at radius 3 is 2.80 bits per heavy atom. The van der Waals surface area contributed by atoms with Crippen LogP contribution < -0.4 is 0 Å². The summed E-state index contributed by atoms with van der Waals surface area (Å²) in [6.45, 7) is 0.868. The number of hydrogen-bond donors (Lipinski definition) is 1. The number of imidazole rings is 1. The molecule has 2 unspecified atom stereocenters. The summed E-state index contributed by atoms with van der Waals surface area (Å²) >= 11 is 0. The maximum absolute atomic E-state index is 14.2. The predicted molar refractivity (Wildman–Crippen MR) is 90.8 cm³/mol. The van der Waals surface area contributed by atoms with Gasteiger partial charge in [0.05, 0.1) is 23.7 Å². The van der Waals surface area contributed by atoms with Crippen molar-refractivity contribution in [3.8, 4) is 0 Å². The fourth-order valence-electron chi connectivity index (χ4n) is 3.67. The summed E-state index contributed by atoms with van der Waals surface area (Å²) in [6.07, 6.45) is -0.188. The topological polar surface area (TPSA) is 41.3 Å². The van der Waals surface area contributed by atoms with E-state index in [-0.39, 0.29) is 11.6 Å². The Hall–Kier alpha value is -2.31. The summed E-state index contributed by atoms with van der Waals surface area (Å²) in [4.78, 5) is 6.60. The quantitative estimate of drug-likeness (QED) is 0.794. The van der Waals surface area contributed by atoms with Crippen LogP contribution in [0.2, 0.25) is 0 Å². The zero-order valence-corrected chi connectivity index (χ0v) is 13.9. The van der Waals surface area contributed by atoms with Gasteiger partial charge in [0, 0.05) is 25.2 Å². The fourth-order valence-corrected chi connectivity index (χ4v) is 3.67. The number of aromatic nitrogens is 2. The molecule has 1 aromatic heterocycles. The average molecular weight is 343 g/mol. The molecule has 2 atom stereocenters. The third-order valence-corrected chi connectivity index (χ3v) is 4.92. The van der Waals surface area contributed by atoms with E-state index in [1.807, 2.05) is 40.8 Å². The lowest BCUT2D eigenvalue weighted by Gasteiger charge is -2.24. The van der Waals surface area contributed by atoms with Crippen molar-refractivity contribution in [2.24, 2.45) is 7.05 Å². The minimum absolute atomic E-state index is 0.287. The highest BCUT2D eigenvalue weighted by atomic mass is 19.1. The Balaban J connectivity index is 1.68. The van der Waals surface area contributed by atoms with Crippen molar-refractivity contribution >= 4 is 11.0 Å². The van der Waals surface area contributed by atoms with Crippen LogP contribution in [0.1, 0.15) is 23.9 Å². The van der Waals surface area contributed by atoms with E-state index >= 15 is 0 Å². The highest BCUT2D eigenvalue weighted by Crippen LogP contribution is 2.35. The average Bonchev–Trinajstić information content (AvgIpc) is 3.11. The van der Waals surface area contributed by atoms with E-state index in [9.17, 15) is 13.9 Å². The molecule has 4 nitrogen and oxygen atoms in total. The molecule has 6 heteroatoms. The monoisotopic (exact) mass is 343 g/mol. The highest BCUT2D eigenvalue weighted by Gasteiger charge is 2.34. The molecular weight excluding hydrogens is 324 g/mol. The van der Waals surface area contributed by atoms with Gasteiger partial charge in [0.15, 0.2) is 0 Å². The Labute approximate surface area is 144 Å². The first-order chi connectivity index (χ1) is 12.0. The summed E-state index contributed by atoms with van der Waals surface area (Å²) < 4.78 is 29.8. The number of aliphatic hydroxyl groups excluding tert-OH is 1. The van der Waals surface area contributed by atoms with E-state index in [0.717, 1.165) is 29.0 Å². The fraction of sp³-hybridized carbons (Fsp3) is 0.316. The normalized spacial score (nSPS) is 21.3. The number of benzene rings is 2. The van der Waals surface area contributed by atoms with Crippen LogP contribution in [0.15, 0.2) is 42.5 Å². The molecule has 1 saturated heterocycles. The van der Waals surface area contributed by atoms with Gasteiger partial charge < -0.3 is 9.67 Å². The van der Waals surface area contributed by atoms with Crippen molar-refractivity contribution in [1.82, 2.24) is 14.5 Å². The van der Waals surface area contributed by atoms with E-state index in [0.29, 0.717) is 19.5 Å². The van der Waals surface area contributed by atoms with Gasteiger partial charge in [-0.3, -0.25) is 4.90 Å². The maximum Gasteiger partial charge on any atom is 0.128 e. The van der Waals surface area contributed by atoms with Crippen LogP contribution in [-0.4, -0.2) is 32.2 Å². The Bertz CT molecular complexity index is 924. The largest absolute Gasteiger partial charge is 0.392 e. The summed E-state index contributed by atoms with van der Waals surface area (Å²) in [5.41, 5.74) is 2.20. The van der Waals surface area contributed by atoms with Gasteiger partial charge in [-0.15, -0.1) is 0 Å². The van der Waals surface area contributed by atoms with Crippen LogP contribution in [0.3, 0.4) is 0 Å². The first-order valence-corrected chi connectivity index (χ1v) is 8.30. The number of aliphatic hydroxyl groups is 1. The molecule has 1 fully saturated rings. The zero-order chi connectivity index (χ0) is 17.6. The zero-order valence-electron chi connectivity index (χ0n) is 13.9. The molecule has 1 aliphatic heterocycles. The van der Waals surface area contributed by atoms with E-state index in [2.05, 4.69) is 4.98 Å². The molecule has 0 aliphatic carbocycles. The number of hydrogen-bond acceptors (Lipinski definition) is 3. The third kappa shape index (κ3) is 2.92. The molecule has 1 aliphatic rings. The number of fused-ring (bicyclic) bond motifs is 1. The lowest BCUT2D eigenvalue weighted by Crippen LogP contribution is -2.26. The molecule has 0 bridgehead atoms. The smallest absolute Gasteiger partial charge is 0.128 e. The van der Waals surface area contributed by atoms with Crippen molar-refractivity contribution in [2.75, 3.05) is 6.54 Å². The first kappa shape index (κ1) is 16.2. The second-order valence-corrected chi connectivity index (χ2v) is 6.58. The lowest BCUT2D eigenvalue weighted by molar-refractivity contribution is 0.170. The number of β-amino-alcohol motifs (C(OH)–C–C–N with tert-alkyl or cyclic N) is 1. The predicted octanol–water partition coefficient (Wildman–Crippen LogP) is 3.16. The second-order valence-electron chi connectivity index (χ2n) is 6.58. The van der Waals surface area contributed by atoms with Gasteiger partial charge >= 0.3 is 0 Å². The van der Waals surface area contributed by atoms with Crippen molar-refractivity contribution in [3.05, 3.63) is 65.5 Å². The van der Waals surface area contributed by atoms with Crippen molar-refractivity contribution in [3.63, 3.8) is 0 Å². The van der Waals surface area contributed by atoms with Gasteiger partial charge in [0.2, 0.25) is 0 Å². The van der Waals surface area contributed by atoms with Crippen molar-refractivity contribution in [2.45, 2.75) is 25.1 Å². The van der Waals surface area contributed by atoms with Gasteiger partial charge in [-0.2, -0.15) is 0 Å². The molecule has 0 amide bonds. The summed E-state index contributed by atoms with van der Waals surface area (Å²) in [7, 11) is 1.94. The molecular formula is C19H19F2N3O. The van der Waals surface area contributed by atoms with Crippen LogP contribution in [-0.2, 0) is 13.6 Å². The SMILES string of the molecule is Cn1c(CN2CC(O)CC2c2cc(F)ccc2F)nc2ccccc21. The minimum Gasteiger partial charge on any atom is -0.392 e. The van der Waals surface area contributed by atoms with E-state index in [4.69, 9.17) is 0 Å². The van der Waals surface area contributed by atoms with Gasteiger partial charge in [0.1, 0.15) is 17.5 Å². The molecule has 2 aromatic carbocycles. The Morgan fingerprint density at radius 2 is 2.00 bits per heavy atom. The van der Waals surface area contributed by atoms with Crippen molar-refractivity contribution in [1.29, 1.82) is 0 Å². The molecule has 0 spiro atoms. The van der Waals surface area contributed by atoms with Gasteiger partial charge in [0.25, 0.3) is 0 Å². The van der Waals surface area contributed by atoms with Gasteiger partial charge in [-0.25, -0.2) is 13.8 Å². The van der Waals surface area contributed by atoms with Gasteiger partial charge in [-0.05, 0) is 36.8 Å². The van der Waals surface area contributed by atoms with E-state index < -0.39 is 17.7 Å². The number of halogens is 2. The van der Waals surface area contributed by atoms with Crippen molar-refractivity contribution < 1.29 is 13.9 Å². The molecule has 4 rings (SSSR count).